The average Bonchev–Trinajstić information content (AvgIpc) is 2.98. The largest absolute Gasteiger partial charge is 0.444 e. The van der Waals surface area contributed by atoms with E-state index in [2.05, 4.69) is 10.6 Å². The zero-order chi connectivity index (χ0) is 35.2. The molecule has 0 spiro atoms. The van der Waals surface area contributed by atoms with Crippen LogP contribution in [0.25, 0.3) is 10.8 Å². The zero-order valence-electron chi connectivity index (χ0n) is 29.0. The maximum absolute atomic E-state index is 13.5. The van der Waals surface area contributed by atoms with E-state index in [1.54, 1.807) is 65.8 Å². The van der Waals surface area contributed by atoms with Crippen molar-refractivity contribution < 1.29 is 38.2 Å². The van der Waals surface area contributed by atoms with Crippen molar-refractivity contribution in [2.45, 2.75) is 104 Å². The summed E-state index contributed by atoms with van der Waals surface area (Å²) in [7, 11) is 0. The maximum Gasteiger partial charge on any atom is 0.407 e. The molecule has 12 nitrogen and oxygen atoms in total. The summed E-state index contributed by atoms with van der Waals surface area (Å²) in [5.41, 5.74) is 0.111. The van der Waals surface area contributed by atoms with Gasteiger partial charge in [-0.15, -0.1) is 0 Å². The predicted molar refractivity (Wildman–Crippen MR) is 180 cm³/mol. The van der Waals surface area contributed by atoms with Crippen LogP contribution >= 0.6 is 0 Å². The third kappa shape index (κ3) is 8.90. The average molecular weight is 665 g/mol. The van der Waals surface area contributed by atoms with Gasteiger partial charge in [0.15, 0.2) is 0 Å². The van der Waals surface area contributed by atoms with Crippen molar-refractivity contribution in [3.63, 3.8) is 0 Å². The lowest BCUT2D eigenvalue weighted by Crippen LogP contribution is -2.43. The van der Waals surface area contributed by atoms with Gasteiger partial charge in [-0.2, -0.15) is 0 Å². The minimum absolute atomic E-state index is 0.240. The van der Waals surface area contributed by atoms with Crippen LogP contribution < -0.4 is 10.6 Å². The fourth-order valence-electron chi connectivity index (χ4n) is 5.89. The fraction of sp³-hybridized carbons (Fsp3) is 0.556. The fourth-order valence-corrected chi connectivity index (χ4v) is 5.89. The first kappa shape index (κ1) is 36.4. The molecule has 0 bridgehead atoms. The van der Waals surface area contributed by atoms with Gasteiger partial charge in [-0.25, -0.2) is 9.59 Å². The molecule has 0 radical (unpaired) electrons. The number of hydrogen-bond donors (Lipinski definition) is 2. The van der Waals surface area contributed by atoms with E-state index in [0.717, 1.165) is 38.5 Å². The lowest BCUT2D eigenvalue weighted by Gasteiger charge is -2.32. The van der Waals surface area contributed by atoms with Crippen molar-refractivity contribution in [2.24, 2.45) is 0 Å². The molecule has 6 amide bonds. The molecule has 2 aromatic carbocycles. The number of carbonyl (C=O) groups is 6. The number of benzene rings is 2. The molecule has 0 aromatic heterocycles. The van der Waals surface area contributed by atoms with Crippen LogP contribution in [0.4, 0.5) is 9.59 Å². The number of carbonyl (C=O) groups excluding carboxylic acids is 6. The van der Waals surface area contributed by atoms with Gasteiger partial charge in [-0.05, 0) is 91.5 Å². The van der Waals surface area contributed by atoms with Gasteiger partial charge in [0.1, 0.15) is 11.2 Å². The number of hydrogen-bond acceptors (Lipinski definition) is 8. The van der Waals surface area contributed by atoms with E-state index in [1.807, 2.05) is 0 Å². The standard InChI is InChI=1S/C36H48N4O8/c1-35(2,3)47-33(45)37-19-11-7-9-13-21-39-29(41)23-15-17-25-28-26(18-16-24(27(23)28)30(39)42)32(44)40(31(25)43)22-14-10-8-12-20-38-34(46)48-36(4,5)6/h15-18H,7-14,19-22H2,1-6H3,(H,37,45)(H,38,46). The minimum Gasteiger partial charge on any atom is -0.444 e. The molecule has 0 atom stereocenters. The van der Waals surface area contributed by atoms with Gasteiger partial charge in [0.2, 0.25) is 0 Å². The van der Waals surface area contributed by atoms with E-state index in [9.17, 15) is 28.8 Å². The molecule has 260 valence electrons. The first-order chi connectivity index (χ1) is 22.6. The Morgan fingerprint density at radius 3 is 1.10 bits per heavy atom. The molecule has 0 unspecified atom stereocenters. The predicted octanol–water partition coefficient (Wildman–Crippen LogP) is 6.20. The van der Waals surface area contributed by atoms with E-state index >= 15 is 0 Å². The summed E-state index contributed by atoms with van der Waals surface area (Å²) >= 11 is 0. The van der Waals surface area contributed by atoms with Crippen molar-refractivity contribution in [1.29, 1.82) is 0 Å². The first-order valence-electron chi connectivity index (χ1n) is 16.8. The number of unbranched alkanes of at least 4 members (excludes halogenated alkanes) is 6. The second-order valence-electron chi connectivity index (χ2n) is 14.3. The molecule has 0 saturated heterocycles. The molecule has 2 aliphatic rings. The van der Waals surface area contributed by atoms with Crippen molar-refractivity contribution >= 4 is 46.6 Å². The number of alkyl carbamates (subject to hydrolysis) is 2. The molecule has 12 heteroatoms. The molecule has 2 aromatic rings. The number of nitrogens with zero attached hydrogens (tertiary/aromatic N) is 2. The zero-order valence-corrected chi connectivity index (χ0v) is 29.0. The second kappa shape index (κ2) is 15.2. The summed E-state index contributed by atoms with van der Waals surface area (Å²) in [4.78, 5) is 80.1. The van der Waals surface area contributed by atoms with Gasteiger partial charge < -0.3 is 20.1 Å². The van der Waals surface area contributed by atoms with E-state index in [4.69, 9.17) is 9.47 Å². The summed E-state index contributed by atoms with van der Waals surface area (Å²) < 4.78 is 10.4. The first-order valence-corrected chi connectivity index (χ1v) is 16.8. The van der Waals surface area contributed by atoms with Gasteiger partial charge in [-0.3, -0.25) is 29.0 Å². The van der Waals surface area contributed by atoms with Crippen LogP contribution in [0.5, 0.6) is 0 Å². The molecule has 48 heavy (non-hydrogen) atoms. The van der Waals surface area contributed by atoms with Crippen LogP contribution in [-0.2, 0) is 9.47 Å². The topological polar surface area (TPSA) is 151 Å². The molecule has 2 heterocycles. The molecule has 0 fully saturated rings. The number of imide groups is 2. The summed E-state index contributed by atoms with van der Waals surface area (Å²) in [6.45, 7) is 12.2. The SMILES string of the molecule is CC(C)(C)OC(=O)NCCCCCCN1C(=O)c2ccc3c4c(ccc(c24)C1=O)C(=O)N(CCCCCCNC(=O)OC(C)(C)C)C3=O. The van der Waals surface area contributed by atoms with E-state index in [-0.39, 0.29) is 13.1 Å². The summed E-state index contributed by atoms with van der Waals surface area (Å²) in [6, 6.07) is 6.33. The highest BCUT2D eigenvalue weighted by atomic mass is 16.6. The van der Waals surface area contributed by atoms with Crippen LogP contribution in [0.15, 0.2) is 24.3 Å². The Labute approximate surface area is 281 Å². The van der Waals surface area contributed by atoms with Crippen molar-refractivity contribution in [3.8, 4) is 0 Å². The Morgan fingerprint density at radius 1 is 0.521 bits per heavy atom. The highest BCUT2D eigenvalue weighted by Gasteiger charge is 2.39. The lowest BCUT2D eigenvalue weighted by atomic mass is 9.86. The Kier molecular flexibility index (Phi) is 11.5. The third-order valence-electron chi connectivity index (χ3n) is 8.02. The molecular formula is C36H48N4O8. The summed E-state index contributed by atoms with van der Waals surface area (Å²) in [6.07, 6.45) is 4.89. The van der Waals surface area contributed by atoms with E-state index in [1.165, 1.54) is 9.80 Å². The second-order valence-corrected chi connectivity index (χ2v) is 14.3. The molecule has 2 N–H and O–H groups in total. The van der Waals surface area contributed by atoms with Crippen LogP contribution in [0.3, 0.4) is 0 Å². The van der Waals surface area contributed by atoms with Crippen LogP contribution in [0.1, 0.15) is 134 Å². The lowest BCUT2D eigenvalue weighted by molar-refractivity contribution is 0.0515. The number of ether oxygens (including phenoxy) is 2. The van der Waals surface area contributed by atoms with Gasteiger partial charge in [0.05, 0.1) is 0 Å². The molecule has 0 saturated carbocycles. The molecule has 0 aliphatic carbocycles. The Balaban J connectivity index is 1.30. The normalized spacial score (nSPS) is 14.5. The number of amides is 6. The minimum atomic E-state index is -0.557. The van der Waals surface area contributed by atoms with Crippen molar-refractivity contribution in [1.82, 2.24) is 20.4 Å². The smallest absolute Gasteiger partial charge is 0.407 e. The number of rotatable bonds is 14. The van der Waals surface area contributed by atoms with Crippen LogP contribution in [-0.4, -0.2) is 83.0 Å². The molecule has 4 rings (SSSR count). The molecular weight excluding hydrogens is 616 g/mol. The Bertz CT molecular complexity index is 1400. The monoisotopic (exact) mass is 664 g/mol. The van der Waals surface area contributed by atoms with Crippen molar-refractivity contribution in [2.75, 3.05) is 26.2 Å². The van der Waals surface area contributed by atoms with Gasteiger partial charge in [0.25, 0.3) is 23.6 Å². The quantitative estimate of drug-likeness (QED) is 0.179. The maximum atomic E-state index is 13.5. The van der Waals surface area contributed by atoms with Crippen molar-refractivity contribution in [3.05, 3.63) is 46.5 Å². The van der Waals surface area contributed by atoms with Gasteiger partial charge in [0, 0.05) is 59.2 Å². The van der Waals surface area contributed by atoms with Crippen LogP contribution in [0.2, 0.25) is 0 Å². The summed E-state index contributed by atoms with van der Waals surface area (Å²) in [5.74, 6) is -1.75. The van der Waals surface area contributed by atoms with E-state index < -0.39 is 47.0 Å². The van der Waals surface area contributed by atoms with Crippen LogP contribution in [0, 0.1) is 0 Å². The van der Waals surface area contributed by atoms with E-state index in [0.29, 0.717) is 59.0 Å². The third-order valence-corrected chi connectivity index (χ3v) is 8.02. The van der Waals surface area contributed by atoms with Gasteiger partial charge in [-0.1, -0.05) is 25.7 Å². The van der Waals surface area contributed by atoms with Gasteiger partial charge >= 0.3 is 12.2 Å². The summed E-state index contributed by atoms with van der Waals surface area (Å²) in [5, 5.41) is 6.18. The highest BCUT2D eigenvalue weighted by molar-refractivity contribution is 6.33. The number of nitrogens with one attached hydrogen (secondary N) is 2. The molecule has 2 aliphatic heterocycles. The Morgan fingerprint density at radius 2 is 0.812 bits per heavy atom. The highest BCUT2D eigenvalue weighted by Crippen LogP contribution is 2.38. The Hall–Kier alpha value is -4.48.